The minimum absolute atomic E-state index is 0.00242. The third-order valence-electron chi connectivity index (χ3n) is 5.37. The number of aliphatic carboxylic acids is 2. The number of carboxylic acid groups (broad SMARTS) is 2. The summed E-state index contributed by atoms with van der Waals surface area (Å²) in [5, 5.41) is 34.7. The zero-order valence-corrected chi connectivity index (χ0v) is 20.5. The Morgan fingerprint density at radius 3 is 1.92 bits per heavy atom. The standard InChI is InChI=1S/C23H29N7O9/c24-14(6-12-9-26-10-27-12)20(35)28-16(8-19(33)34)22(37)29-15(7-18(25)32)21(36)30-17(23(38)39)5-11-1-3-13(31)4-2-11/h1-4,9-10,14-17,31H,5-8,24H2,(H2,25,32)(H,26,27)(H,28,35)(H,29,37)(H,30,36)(H,33,34)(H,38,39). The Hall–Kier alpha value is -4.99. The summed E-state index contributed by atoms with van der Waals surface area (Å²) in [6, 6.07) is -0.540. The summed E-state index contributed by atoms with van der Waals surface area (Å²) in [5.41, 5.74) is 12.0. The Kier molecular flexibility index (Phi) is 10.9. The van der Waals surface area contributed by atoms with Gasteiger partial charge in [0.15, 0.2) is 0 Å². The van der Waals surface area contributed by atoms with Gasteiger partial charge in [-0.15, -0.1) is 0 Å². The van der Waals surface area contributed by atoms with Gasteiger partial charge in [0.25, 0.3) is 0 Å². The molecule has 0 spiro atoms. The number of H-pyrrole nitrogens is 1. The molecule has 210 valence electrons. The van der Waals surface area contributed by atoms with Gasteiger partial charge in [-0.3, -0.25) is 24.0 Å². The highest BCUT2D eigenvalue weighted by Gasteiger charge is 2.32. The zero-order valence-electron chi connectivity index (χ0n) is 20.5. The first kappa shape index (κ1) is 30.2. The van der Waals surface area contributed by atoms with Gasteiger partial charge in [0, 0.05) is 24.7 Å². The van der Waals surface area contributed by atoms with E-state index in [9.17, 15) is 44.1 Å². The molecule has 4 atom stereocenters. The van der Waals surface area contributed by atoms with E-state index in [1.54, 1.807) is 0 Å². The largest absolute Gasteiger partial charge is 0.508 e. The summed E-state index contributed by atoms with van der Waals surface area (Å²) in [4.78, 5) is 79.4. The molecule has 4 amide bonds. The number of carboxylic acids is 2. The molecule has 11 N–H and O–H groups in total. The molecular weight excluding hydrogens is 518 g/mol. The first-order valence-electron chi connectivity index (χ1n) is 11.5. The van der Waals surface area contributed by atoms with Crippen LogP contribution in [0, 0.1) is 0 Å². The van der Waals surface area contributed by atoms with Crippen LogP contribution >= 0.6 is 0 Å². The Balaban J connectivity index is 2.13. The van der Waals surface area contributed by atoms with Crippen LogP contribution in [0.25, 0.3) is 0 Å². The molecule has 0 aliphatic heterocycles. The van der Waals surface area contributed by atoms with Crippen molar-refractivity contribution in [1.82, 2.24) is 25.9 Å². The highest BCUT2D eigenvalue weighted by Crippen LogP contribution is 2.12. The van der Waals surface area contributed by atoms with Crippen molar-refractivity contribution in [2.75, 3.05) is 0 Å². The first-order valence-corrected chi connectivity index (χ1v) is 11.5. The number of nitrogens with one attached hydrogen (secondary N) is 4. The van der Waals surface area contributed by atoms with Crippen LogP contribution in [0.2, 0.25) is 0 Å². The number of aromatic amines is 1. The van der Waals surface area contributed by atoms with E-state index in [-0.39, 0.29) is 18.6 Å². The fourth-order valence-electron chi connectivity index (χ4n) is 3.41. The molecule has 0 saturated heterocycles. The second-order valence-electron chi connectivity index (χ2n) is 8.55. The van der Waals surface area contributed by atoms with Crippen molar-refractivity contribution in [2.45, 2.75) is 49.9 Å². The number of carbonyl (C=O) groups is 6. The van der Waals surface area contributed by atoms with E-state index in [1.165, 1.54) is 36.8 Å². The van der Waals surface area contributed by atoms with Crippen LogP contribution in [0.3, 0.4) is 0 Å². The molecule has 0 bridgehead atoms. The van der Waals surface area contributed by atoms with Gasteiger partial charge in [-0.05, 0) is 17.7 Å². The SMILES string of the molecule is NC(=O)CC(NC(=O)C(CC(=O)O)NC(=O)C(N)Cc1cnc[nH]1)C(=O)NC(Cc1ccc(O)cc1)C(=O)O. The van der Waals surface area contributed by atoms with Crippen LogP contribution in [0.1, 0.15) is 24.1 Å². The highest BCUT2D eigenvalue weighted by atomic mass is 16.4. The van der Waals surface area contributed by atoms with E-state index in [0.29, 0.717) is 11.3 Å². The van der Waals surface area contributed by atoms with Gasteiger partial charge in [0.05, 0.1) is 25.2 Å². The average molecular weight is 548 g/mol. The van der Waals surface area contributed by atoms with Crippen LogP contribution in [-0.4, -0.2) is 85.0 Å². The number of aromatic nitrogens is 2. The van der Waals surface area contributed by atoms with E-state index in [1.807, 2.05) is 0 Å². The van der Waals surface area contributed by atoms with Gasteiger partial charge >= 0.3 is 11.9 Å². The topological polar surface area (TPSA) is 280 Å². The van der Waals surface area contributed by atoms with Gasteiger partial charge in [-0.2, -0.15) is 0 Å². The van der Waals surface area contributed by atoms with Crippen molar-refractivity contribution >= 4 is 35.6 Å². The van der Waals surface area contributed by atoms with Gasteiger partial charge in [0.1, 0.15) is 23.9 Å². The van der Waals surface area contributed by atoms with Crippen molar-refractivity contribution < 1.29 is 44.1 Å². The fourth-order valence-corrected chi connectivity index (χ4v) is 3.41. The molecule has 1 aromatic heterocycles. The average Bonchev–Trinajstić information content (AvgIpc) is 3.36. The number of benzene rings is 1. The predicted molar refractivity (Wildman–Crippen MR) is 132 cm³/mol. The van der Waals surface area contributed by atoms with Crippen molar-refractivity contribution in [2.24, 2.45) is 11.5 Å². The molecule has 0 radical (unpaired) electrons. The number of hydrogen-bond donors (Lipinski definition) is 9. The van der Waals surface area contributed by atoms with E-state index >= 15 is 0 Å². The maximum atomic E-state index is 12.9. The summed E-state index contributed by atoms with van der Waals surface area (Å²) in [6.07, 6.45) is 0.938. The number of phenols is 1. The Labute approximate surface area is 221 Å². The first-order chi connectivity index (χ1) is 18.3. The number of imidazole rings is 1. The third-order valence-corrected chi connectivity index (χ3v) is 5.37. The summed E-state index contributed by atoms with van der Waals surface area (Å²) >= 11 is 0. The van der Waals surface area contributed by atoms with Gasteiger partial charge in [-0.25, -0.2) is 9.78 Å². The molecule has 4 unspecified atom stereocenters. The van der Waals surface area contributed by atoms with Crippen LogP contribution < -0.4 is 27.4 Å². The van der Waals surface area contributed by atoms with E-state index < -0.39 is 72.6 Å². The number of rotatable bonds is 15. The predicted octanol–water partition coefficient (Wildman–Crippen LogP) is -2.88. The molecule has 2 rings (SSSR count). The smallest absolute Gasteiger partial charge is 0.326 e. The summed E-state index contributed by atoms with van der Waals surface area (Å²) in [6.45, 7) is 0. The zero-order chi connectivity index (χ0) is 29.1. The quantitative estimate of drug-likeness (QED) is 0.109. The normalized spacial score (nSPS) is 13.8. The number of primary amides is 1. The van der Waals surface area contributed by atoms with Crippen LogP contribution in [-0.2, 0) is 41.6 Å². The monoisotopic (exact) mass is 547 g/mol. The number of aromatic hydroxyl groups is 1. The molecule has 0 saturated carbocycles. The minimum atomic E-state index is -1.70. The molecule has 16 heteroatoms. The molecule has 1 aromatic carbocycles. The van der Waals surface area contributed by atoms with E-state index in [0.717, 1.165) is 0 Å². The molecule has 16 nitrogen and oxygen atoms in total. The van der Waals surface area contributed by atoms with Gasteiger partial charge in [0.2, 0.25) is 23.6 Å². The van der Waals surface area contributed by atoms with Gasteiger partial charge < -0.3 is 47.7 Å². The van der Waals surface area contributed by atoms with Crippen molar-refractivity contribution in [1.29, 1.82) is 0 Å². The Morgan fingerprint density at radius 1 is 0.846 bits per heavy atom. The lowest BCUT2D eigenvalue weighted by Crippen LogP contribution is -2.58. The maximum Gasteiger partial charge on any atom is 0.326 e. The lowest BCUT2D eigenvalue weighted by molar-refractivity contribution is -0.143. The number of nitrogens with zero attached hydrogens (tertiary/aromatic N) is 1. The fraction of sp³-hybridized carbons (Fsp3) is 0.348. The Morgan fingerprint density at radius 2 is 1.41 bits per heavy atom. The summed E-state index contributed by atoms with van der Waals surface area (Å²) < 4.78 is 0. The lowest BCUT2D eigenvalue weighted by Gasteiger charge is -2.24. The van der Waals surface area contributed by atoms with Crippen LogP contribution in [0.5, 0.6) is 5.75 Å². The third kappa shape index (κ3) is 10.1. The second-order valence-corrected chi connectivity index (χ2v) is 8.55. The molecule has 0 fully saturated rings. The molecule has 2 aromatic rings. The highest BCUT2D eigenvalue weighted by molar-refractivity contribution is 5.97. The number of hydrogen-bond acceptors (Lipinski definition) is 9. The van der Waals surface area contributed by atoms with Crippen molar-refractivity contribution in [3.8, 4) is 5.75 Å². The maximum absolute atomic E-state index is 12.9. The molecule has 0 aliphatic rings. The number of carbonyl (C=O) groups excluding carboxylic acids is 4. The molecule has 1 heterocycles. The summed E-state index contributed by atoms with van der Waals surface area (Å²) in [7, 11) is 0. The van der Waals surface area contributed by atoms with Gasteiger partial charge in [-0.1, -0.05) is 12.1 Å². The van der Waals surface area contributed by atoms with Crippen molar-refractivity contribution in [3.63, 3.8) is 0 Å². The minimum Gasteiger partial charge on any atom is -0.508 e. The van der Waals surface area contributed by atoms with Crippen LogP contribution in [0.15, 0.2) is 36.8 Å². The number of phenolic OH excluding ortho intramolecular Hbond substituents is 1. The second kappa shape index (κ2) is 14.1. The molecular formula is C23H29N7O9. The van der Waals surface area contributed by atoms with Crippen molar-refractivity contribution in [3.05, 3.63) is 48.0 Å². The molecule has 0 aliphatic carbocycles. The number of nitrogens with two attached hydrogens (primary N) is 2. The molecule has 39 heavy (non-hydrogen) atoms. The Bertz CT molecular complexity index is 1190. The van der Waals surface area contributed by atoms with Crippen LogP contribution in [0.4, 0.5) is 0 Å². The van der Waals surface area contributed by atoms with E-state index in [2.05, 4.69) is 25.9 Å². The van der Waals surface area contributed by atoms with E-state index in [4.69, 9.17) is 11.5 Å². The lowest BCUT2D eigenvalue weighted by atomic mass is 10.0. The summed E-state index contributed by atoms with van der Waals surface area (Å²) in [5.74, 6) is -7.08. The number of amides is 4.